The quantitative estimate of drug-likeness (QED) is 0.186. The van der Waals surface area contributed by atoms with Gasteiger partial charge in [0.1, 0.15) is 0 Å². The zero-order chi connectivity index (χ0) is 27.9. The van der Waals surface area contributed by atoms with Gasteiger partial charge in [-0.15, -0.1) is 0 Å². The van der Waals surface area contributed by atoms with Crippen LogP contribution in [0.2, 0.25) is 5.02 Å². The predicted octanol–water partition coefficient (Wildman–Crippen LogP) is 4.24. The van der Waals surface area contributed by atoms with Crippen LogP contribution in [0.3, 0.4) is 0 Å². The lowest BCUT2D eigenvalue weighted by Gasteiger charge is -2.26. The van der Waals surface area contributed by atoms with Crippen molar-refractivity contribution >= 4 is 52.5 Å². The number of benzene rings is 2. The Bertz CT molecular complexity index is 1180. The third-order valence-electron chi connectivity index (χ3n) is 5.09. The molecule has 0 spiro atoms. The van der Waals surface area contributed by atoms with Crippen LogP contribution >= 0.6 is 11.6 Å². The molecular weight excluding hydrogens is 514 g/mol. The molecule has 0 saturated heterocycles. The fourth-order valence-electron chi connectivity index (χ4n) is 3.49. The van der Waals surface area contributed by atoms with Crippen LogP contribution in [-0.4, -0.2) is 60.3 Å². The fourth-order valence-corrected chi connectivity index (χ4v) is 3.65. The number of hydrogen-bond donors (Lipinski definition) is 4. The summed E-state index contributed by atoms with van der Waals surface area (Å²) >= 11 is 6.24. The number of hydrogen-bond acceptors (Lipinski definition) is 7. The van der Waals surface area contributed by atoms with Gasteiger partial charge in [-0.3, -0.25) is 4.79 Å². The molecule has 1 aliphatic rings. The molecule has 0 bridgehead atoms. The zero-order valence-electron chi connectivity index (χ0n) is 20.9. The molecule has 0 aliphatic carbocycles. The molecule has 0 saturated carbocycles. The Morgan fingerprint density at radius 3 is 2.42 bits per heavy atom. The summed E-state index contributed by atoms with van der Waals surface area (Å²) in [5, 5.41) is 22.5. The maximum Gasteiger partial charge on any atom is 0.330 e. The number of halogens is 1. The van der Waals surface area contributed by atoms with E-state index < -0.39 is 11.9 Å². The number of aliphatic carboxylic acids is 2. The molecule has 1 aliphatic heterocycles. The highest BCUT2D eigenvalue weighted by molar-refractivity contribution is 6.31. The number of nitrogens with zero attached hydrogens (tertiary/aromatic N) is 1. The summed E-state index contributed by atoms with van der Waals surface area (Å²) in [6, 6.07) is 13.1. The highest BCUT2D eigenvalue weighted by Crippen LogP contribution is 2.38. The number of anilines is 3. The van der Waals surface area contributed by atoms with Crippen molar-refractivity contribution in [2.75, 3.05) is 36.5 Å². The van der Waals surface area contributed by atoms with Gasteiger partial charge >= 0.3 is 17.9 Å². The third-order valence-corrected chi connectivity index (χ3v) is 5.33. The third kappa shape index (κ3) is 10.1. The van der Waals surface area contributed by atoms with E-state index in [0.29, 0.717) is 35.9 Å². The number of carboxylic acid groups (broad SMARTS) is 2. The second-order valence-corrected chi connectivity index (χ2v) is 8.30. The lowest BCUT2D eigenvalue weighted by Crippen LogP contribution is -2.21. The van der Waals surface area contributed by atoms with E-state index in [1.807, 2.05) is 30.3 Å². The number of rotatable bonds is 11. The van der Waals surface area contributed by atoms with E-state index in [2.05, 4.69) is 15.5 Å². The standard InChI is InChI=1S/C23H26ClN3O3.C4H4O4/c1-2-30-22(28)10-7-14-25-13-5-6-15-27-20-9-4-3-8-19(20)26-23(29)18-12-11-17(24)16-21(18)27;5-3(6)1-2-4(7)8/h3-4,7-12,16,25H,2,5-6,13-15H2,1H3,(H,26,29);1-2H,(H,5,6)(H,7,8)/b10-7+;2-1-. The van der Waals surface area contributed by atoms with Crippen molar-refractivity contribution in [3.8, 4) is 0 Å². The lowest BCUT2D eigenvalue weighted by atomic mass is 10.1. The van der Waals surface area contributed by atoms with Crippen molar-refractivity contribution in [3.63, 3.8) is 0 Å². The molecule has 38 heavy (non-hydrogen) atoms. The minimum Gasteiger partial charge on any atom is -0.478 e. The van der Waals surface area contributed by atoms with Crippen LogP contribution in [0.25, 0.3) is 0 Å². The summed E-state index contributed by atoms with van der Waals surface area (Å²) in [7, 11) is 0. The molecule has 0 aromatic heterocycles. The SMILES string of the molecule is CCOC(=O)/C=C/CNCCCCN1c2ccccc2NC(=O)c2ccc(Cl)cc21.O=C(O)/C=C\C(=O)O. The molecule has 4 N–H and O–H groups in total. The second-order valence-electron chi connectivity index (χ2n) is 7.86. The molecule has 1 amide bonds. The molecule has 0 fully saturated rings. The number of nitrogens with one attached hydrogen (secondary N) is 2. The summed E-state index contributed by atoms with van der Waals surface area (Å²) in [5.74, 6) is -2.97. The Morgan fingerprint density at radius 1 is 1.03 bits per heavy atom. The van der Waals surface area contributed by atoms with Gasteiger partial charge in [0, 0.05) is 36.3 Å². The number of esters is 1. The highest BCUT2D eigenvalue weighted by atomic mass is 35.5. The van der Waals surface area contributed by atoms with E-state index in [1.165, 1.54) is 6.08 Å². The molecule has 2 aromatic rings. The van der Waals surface area contributed by atoms with Crippen molar-refractivity contribution in [1.29, 1.82) is 0 Å². The topological polar surface area (TPSA) is 145 Å². The average Bonchev–Trinajstić information content (AvgIpc) is 2.98. The highest BCUT2D eigenvalue weighted by Gasteiger charge is 2.24. The van der Waals surface area contributed by atoms with E-state index >= 15 is 0 Å². The van der Waals surface area contributed by atoms with Crippen LogP contribution in [0, 0.1) is 0 Å². The van der Waals surface area contributed by atoms with Gasteiger partial charge in [-0.05, 0) is 56.6 Å². The summed E-state index contributed by atoms with van der Waals surface area (Å²) in [6.45, 7) is 4.35. The van der Waals surface area contributed by atoms with Gasteiger partial charge < -0.3 is 30.5 Å². The number of carbonyl (C=O) groups is 4. The summed E-state index contributed by atoms with van der Waals surface area (Å²) in [6.07, 6.45) is 6.19. The number of fused-ring (bicyclic) bond motifs is 2. The minimum absolute atomic E-state index is 0.133. The zero-order valence-corrected chi connectivity index (χ0v) is 21.6. The Hall–Kier alpha value is -4.15. The summed E-state index contributed by atoms with van der Waals surface area (Å²) < 4.78 is 4.84. The molecule has 0 atom stereocenters. The van der Waals surface area contributed by atoms with Crippen molar-refractivity contribution in [2.24, 2.45) is 0 Å². The second kappa shape index (κ2) is 15.9. The largest absolute Gasteiger partial charge is 0.478 e. The molecule has 1 heterocycles. The Balaban J connectivity index is 0.000000550. The molecule has 0 unspecified atom stereocenters. The number of para-hydroxylation sites is 2. The maximum atomic E-state index is 12.7. The van der Waals surface area contributed by atoms with Crippen LogP contribution in [0.1, 0.15) is 30.1 Å². The molecule has 11 heteroatoms. The minimum atomic E-state index is -1.26. The van der Waals surface area contributed by atoms with Crippen molar-refractivity contribution < 1.29 is 34.1 Å². The molecule has 10 nitrogen and oxygen atoms in total. The number of unbranched alkanes of at least 4 members (excludes halogenated alkanes) is 1. The fraction of sp³-hybridized carbons (Fsp3) is 0.259. The van der Waals surface area contributed by atoms with Gasteiger partial charge in [0.25, 0.3) is 5.91 Å². The lowest BCUT2D eigenvalue weighted by molar-refractivity contribution is -0.137. The summed E-state index contributed by atoms with van der Waals surface area (Å²) in [5.41, 5.74) is 3.17. The average molecular weight is 544 g/mol. The number of amides is 1. The van der Waals surface area contributed by atoms with Crippen LogP contribution < -0.4 is 15.5 Å². The first kappa shape index (κ1) is 30.1. The number of carbonyl (C=O) groups excluding carboxylic acids is 2. The first-order chi connectivity index (χ1) is 18.2. The van der Waals surface area contributed by atoms with E-state index in [1.54, 1.807) is 25.1 Å². The van der Waals surface area contributed by atoms with E-state index in [9.17, 15) is 19.2 Å². The van der Waals surface area contributed by atoms with Crippen LogP contribution in [0.5, 0.6) is 0 Å². The predicted molar refractivity (Wildman–Crippen MR) is 145 cm³/mol. The first-order valence-corrected chi connectivity index (χ1v) is 12.3. The Labute approximate surface area is 225 Å². The number of carboxylic acids is 2. The smallest absolute Gasteiger partial charge is 0.330 e. The Kier molecular flexibility index (Phi) is 12.5. The van der Waals surface area contributed by atoms with Crippen molar-refractivity contribution in [3.05, 3.63) is 77.4 Å². The van der Waals surface area contributed by atoms with E-state index in [0.717, 1.165) is 43.0 Å². The normalized spacial score (nSPS) is 12.2. The van der Waals surface area contributed by atoms with Gasteiger partial charge in [0.2, 0.25) is 0 Å². The maximum absolute atomic E-state index is 12.7. The molecular formula is C27H30ClN3O7. The van der Waals surface area contributed by atoms with Gasteiger partial charge in [-0.25, -0.2) is 14.4 Å². The van der Waals surface area contributed by atoms with E-state index in [-0.39, 0.29) is 11.9 Å². The molecule has 2 aromatic carbocycles. The van der Waals surface area contributed by atoms with Gasteiger partial charge in [-0.2, -0.15) is 0 Å². The van der Waals surface area contributed by atoms with Gasteiger partial charge in [0.05, 0.1) is 29.2 Å². The van der Waals surface area contributed by atoms with Crippen LogP contribution in [0.4, 0.5) is 17.1 Å². The Morgan fingerprint density at radius 2 is 1.74 bits per heavy atom. The van der Waals surface area contributed by atoms with E-state index in [4.69, 9.17) is 26.6 Å². The monoisotopic (exact) mass is 543 g/mol. The molecule has 0 radical (unpaired) electrons. The van der Waals surface area contributed by atoms with Gasteiger partial charge in [-0.1, -0.05) is 29.8 Å². The first-order valence-electron chi connectivity index (χ1n) is 11.9. The number of ether oxygens (including phenoxy) is 1. The molecule has 202 valence electrons. The summed E-state index contributed by atoms with van der Waals surface area (Å²) in [4.78, 5) is 45.2. The van der Waals surface area contributed by atoms with Gasteiger partial charge in [0.15, 0.2) is 0 Å². The van der Waals surface area contributed by atoms with Crippen molar-refractivity contribution in [2.45, 2.75) is 19.8 Å². The van der Waals surface area contributed by atoms with Crippen molar-refractivity contribution in [1.82, 2.24) is 5.32 Å². The molecule has 3 rings (SSSR count). The van der Waals surface area contributed by atoms with Crippen LogP contribution in [-0.2, 0) is 19.1 Å². The van der Waals surface area contributed by atoms with Crippen LogP contribution in [0.15, 0.2) is 66.8 Å².